The molecule has 2 aromatic carbocycles. The minimum atomic E-state index is -0.887. The smallest absolute Gasteiger partial charge is 0.328 e. The summed E-state index contributed by atoms with van der Waals surface area (Å²) in [6.07, 6.45) is 2.05. The lowest BCUT2D eigenvalue weighted by Crippen LogP contribution is -2.43. The number of nitrogens with zero attached hydrogens (tertiary/aromatic N) is 1. The summed E-state index contributed by atoms with van der Waals surface area (Å²) in [5, 5.41) is 14.4. The number of nitro groups is 1. The maximum atomic E-state index is 12.5. The number of rotatable bonds is 7. The van der Waals surface area contributed by atoms with Crippen molar-refractivity contribution >= 4 is 28.5 Å². The Morgan fingerprint density at radius 3 is 2.57 bits per heavy atom. The number of aromatic nitrogens is 1. The number of amides is 1. The Labute approximate surface area is 160 Å². The topological polar surface area (TPSA) is 114 Å². The maximum Gasteiger partial charge on any atom is 0.328 e. The number of H-pyrrole nitrogens is 1. The van der Waals surface area contributed by atoms with Crippen LogP contribution in [-0.4, -0.2) is 34.4 Å². The van der Waals surface area contributed by atoms with Crippen LogP contribution in [0.4, 0.5) is 5.69 Å². The van der Waals surface area contributed by atoms with Gasteiger partial charge < -0.3 is 15.0 Å². The van der Waals surface area contributed by atoms with E-state index in [1.54, 1.807) is 13.1 Å². The molecule has 3 aromatic rings. The molecule has 144 valence electrons. The Hall–Kier alpha value is -3.68. The highest BCUT2D eigenvalue weighted by Crippen LogP contribution is 2.20. The van der Waals surface area contributed by atoms with E-state index in [1.165, 1.54) is 24.3 Å². The average Bonchev–Trinajstić information content (AvgIpc) is 3.10. The lowest BCUT2D eigenvalue weighted by molar-refractivity contribution is -0.384. The standard InChI is InChI=1S/C20H19N3O5/c1-2-28-20(25)18(11-14-12-21-17-6-4-3-5-16(14)17)22-19(24)13-7-9-15(10-8-13)23(26)27/h3-10,12,18,21H,2,11H2,1H3,(H,22,24)/t18-/m1/s1. The summed E-state index contributed by atoms with van der Waals surface area (Å²) in [4.78, 5) is 38.3. The van der Waals surface area contributed by atoms with Crippen molar-refractivity contribution in [3.63, 3.8) is 0 Å². The van der Waals surface area contributed by atoms with Crippen LogP contribution in [0, 0.1) is 10.1 Å². The van der Waals surface area contributed by atoms with Gasteiger partial charge in [0.05, 0.1) is 11.5 Å². The molecule has 0 saturated heterocycles. The van der Waals surface area contributed by atoms with Gasteiger partial charge >= 0.3 is 5.97 Å². The molecule has 0 aliphatic carbocycles. The van der Waals surface area contributed by atoms with Gasteiger partial charge in [-0.3, -0.25) is 14.9 Å². The molecule has 0 bridgehead atoms. The molecule has 0 spiro atoms. The molecular formula is C20H19N3O5. The predicted octanol–water partition coefficient (Wildman–Crippen LogP) is 2.98. The molecule has 8 heteroatoms. The minimum Gasteiger partial charge on any atom is -0.464 e. The number of benzene rings is 2. The lowest BCUT2D eigenvalue weighted by Gasteiger charge is -2.17. The number of carbonyl (C=O) groups is 2. The number of non-ortho nitro benzene ring substituents is 1. The van der Waals surface area contributed by atoms with E-state index in [4.69, 9.17) is 4.74 Å². The highest BCUT2D eigenvalue weighted by atomic mass is 16.6. The van der Waals surface area contributed by atoms with Gasteiger partial charge in [-0.15, -0.1) is 0 Å². The van der Waals surface area contributed by atoms with Crippen molar-refractivity contribution in [2.24, 2.45) is 0 Å². The second-order valence-corrected chi connectivity index (χ2v) is 6.15. The molecule has 28 heavy (non-hydrogen) atoms. The third kappa shape index (κ3) is 4.17. The molecule has 8 nitrogen and oxygen atoms in total. The Morgan fingerprint density at radius 2 is 1.89 bits per heavy atom. The number of hydrogen-bond acceptors (Lipinski definition) is 5. The van der Waals surface area contributed by atoms with Crippen molar-refractivity contribution in [3.05, 3.63) is 76.0 Å². The number of nitrogens with one attached hydrogen (secondary N) is 2. The van der Waals surface area contributed by atoms with Crippen molar-refractivity contribution in [1.29, 1.82) is 0 Å². The van der Waals surface area contributed by atoms with E-state index in [0.29, 0.717) is 0 Å². The number of fused-ring (bicyclic) bond motifs is 1. The zero-order valence-corrected chi connectivity index (χ0v) is 15.2. The van der Waals surface area contributed by atoms with E-state index in [0.717, 1.165) is 16.5 Å². The van der Waals surface area contributed by atoms with Gasteiger partial charge in [0, 0.05) is 41.2 Å². The molecule has 0 radical (unpaired) electrons. The summed E-state index contributed by atoms with van der Waals surface area (Å²) in [5.41, 5.74) is 1.91. The van der Waals surface area contributed by atoms with Crippen LogP contribution in [0.25, 0.3) is 10.9 Å². The number of nitro benzene ring substituents is 1. The first-order valence-electron chi connectivity index (χ1n) is 8.76. The summed E-state index contributed by atoms with van der Waals surface area (Å²) in [7, 11) is 0. The Bertz CT molecular complexity index is 1010. The molecule has 0 aliphatic heterocycles. The number of ether oxygens (including phenoxy) is 1. The fourth-order valence-electron chi connectivity index (χ4n) is 2.93. The van der Waals surface area contributed by atoms with Crippen molar-refractivity contribution in [3.8, 4) is 0 Å². The highest BCUT2D eigenvalue weighted by molar-refractivity contribution is 5.97. The first-order chi connectivity index (χ1) is 13.5. The van der Waals surface area contributed by atoms with Crippen molar-refractivity contribution in [2.75, 3.05) is 6.61 Å². The zero-order chi connectivity index (χ0) is 20.1. The summed E-state index contributed by atoms with van der Waals surface area (Å²) in [5.74, 6) is -1.05. The Balaban J connectivity index is 1.80. The largest absolute Gasteiger partial charge is 0.464 e. The number of esters is 1. The number of carbonyl (C=O) groups excluding carboxylic acids is 2. The highest BCUT2D eigenvalue weighted by Gasteiger charge is 2.24. The van der Waals surface area contributed by atoms with Crippen LogP contribution >= 0.6 is 0 Å². The van der Waals surface area contributed by atoms with E-state index < -0.39 is 22.8 Å². The summed E-state index contributed by atoms with van der Waals surface area (Å²) in [6, 6.07) is 12.0. The molecule has 0 fully saturated rings. The molecule has 3 rings (SSSR count). The van der Waals surface area contributed by atoms with Crippen LogP contribution in [0.2, 0.25) is 0 Å². The SMILES string of the molecule is CCOC(=O)[C@@H](Cc1c[nH]c2ccccc12)NC(=O)c1ccc([N+](=O)[O-])cc1. The second-order valence-electron chi connectivity index (χ2n) is 6.15. The van der Waals surface area contributed by atoms with Crippen LogP contribution in [0.1, 0.15) is 22.8 Å². The van der Waals surface area contributed by atoms with Crippen LogP contribution in [0.15, 0.2) is 54.7 Å². The van der Waals surface area contributed by atoms with E-state index >= 15 is 0 Å². The Kier molecular flexibility index (Phi) is 5.69. The quantitative estimate of drug-likeness (QED) is 0.371. The summed E-state index contributed by atoms with van der Waals surface area (Å²) < 4.78 is 5.10. The van der Waals surface area contributed by atoms with Gasteiger partial charge in [-0.2, -0.15) is 0 Å². The van der Waals surface area contributed by atoms with Gasteiger partial charge in [0.25, 0.3) is 11.6 Å². The third-order valence-corrected chi connectivity index (χ3v) is 4.32. The molecule has 2 N–H and O–H groups in total. The number of hydrogen-bond donors (Lipinski definition) is 2. The minimum absolute atomic E-state index is 0.114. The molecule has 0 aliphatic rings. The van der Waals surface area contributed by atoms with Crippen LogP contribution < -0.4 is 5.32 Å². The molecular weight excluding hydrogens is 362 g/mol. The molecule has 1 heterocycles. The maximum absolute atomic E-state index is 12.5. The Morgan fingerprint density at radius 1 is 1.18 bits per heavy atom. The third-order valence-electron chi connectivity index (χ3n) is 4.32. The van der Waals surface area contributed by atoms with Gasteiger partial charge in [0.15, 0.2) is 0 Å². The van der Waals surface area contributed by atoms with Crippen LogP contribution in [0.5, 0.6) is 0 Å². The van der Waals surface area contributed by atoms with Gasteiger partial charge in [0.2, 0.25) is 0 Å². The molecule has 1 atom stereocenters. The van der Waals surface area contributed by atoms with Crippen molar-refractivity contribution in [2.45, 2.75) is 19.4 Å². The molecule has 1 aromatic heterocycles. The molecule has 1 amide bonds. The summed E-state index contributed by atoms with van der Waals surface area (Å²) >= 11 is 0. The van der Waals surface area contributed by atoms with E-state index in [-0.39, 0.29) is 24.3 Å². The monoisotopic (exact) mass is 381 g/mol. The lowest BCUT2D eigenvalue weighted by atomic mass is 10.0. The first kappa shape index (κ1) is 19.1. The van der Waals surface area contributed by atoms with Crippen molar-refractivity contribution in [1.82, 2.24) is 10.3 Å². The zero-order valence-electron chi connectivity index (χ0n) is 15.2. The van der Waals surface area contributed by atoms with E-state index in [2.05, 4.69) is 10.3 Å². The van der Waals surface area contributed by atoms with Gasteiger partial charge in [-0.25, -0.2) is 4.79 Å². The van der Waals surface area contributed by atoms with Crippen LogP contribution in [-0.2, 0) is 16.0 Å². The second kappa shape index (κ2) is 8.34. The van der Waals surface area contributed by atoms with Gasteiger partial charge in [0.1, 0.15) is 6.04 Å². The van der Waals surface area contributed by atoms with E-state index in [1.807, 2.05) is 24.3 Å². The fraction of sp³-hybridized carbons (Fsp3) is 0.200. The van der Waals surface area contributed by atoms with Gasteiger partial charge in [-0.05, 0) is 30.7 Å². The number of para-hydroxylation sites is 1. The van der Waals surface area contributed by atoms with Crippen LogP contribution in [0.3, 0.4) is 0 Å². The fourth-order valence-corrected chi connectivity index (χ4v) is 2.93. The number of aromatic amines is 1. The first-order valence-corrected chi connectivity index (χ1v) is 8.76. The summed E-state index contributed by atoms with van der Waals surface area (Å²) in [6.45, 7) is 1.88. The van der Waals surface area contributed by atoms with Gasteiger partial charge in [-0.1, -0.05) is 18.2 Å². The molecule has 0 saturated carbocycles. The van der Waals surface area contributed by atoms with E-state index in [9.17, 15) is 19.7 Å². The predicted molar refractivity (Wildman–Crippen MR) is 103 cm³/mol. The molecule has 0 unspecified atom stereocenters. The average molecular weight is 381 g/mol. The normalized spacial score (nSPS) is 11.8. The van der Waals surface area contributed by atoms with Crippen molar-refractivity contribution < 1.29 is 19.2 Å².